The molecular formula is C8H7BrO4. The molecule has 0 fully saturated rings. The number of carboxylic acids is 1. The van der Waals surface area contributed by atoms with Crippen LogP contribution in [0.5, 0.6) is 11.5 Å². The van der Waals surface area contributed by atoms with E-state index < -0.39 is 11.7 Å². The minimum Gasteiger partial charge on any atom is -0.504 e. The second kappa shape index (κ2) is 3.66. The van der Waals surface area contributed by atoms with Gasteiger partial charge in [0.1, 0.15) is 0 Å². The number of rotatable bonds is 2. The molecule has 0 aromatic heterocycles. The van der Waals surface area contributed by atoms with Crippen LogP contribution in [0.15, 0.2) is 16.6 Å². The van der Waals surface area contributed by atoms with Crippen LogP contribution in [0.3, 0.4) is 0 Å². The Morgan fingerprint density at radius 1 is 1.38 bits per heavy atom. The fraction of sp³-hybridized carbons (Fsp3) is 0.125. The van der Waals surface area contributed by atoms with Gasteiger partial charge in [-0.2, -0.15) is 0 Å². The van der Waals surface area contributed by atoms with Crippen LogP contribution in [0, 0.1) is 0 Å². The van der Waals surface area contributed by atoms with E-state index in [4.69, 9.17) is 10.2 Å². The van der Waals surface area contributed by atoms with Crippen LogP contribution in [-0.4, -0.2) is 21.3 Å². The summed E-state index contributed by atoms with van der Waals surface area (Å²) in [4.78, 5) is 10.4. The number of benzene rings is 1. The summed E-state index contributed by atoms with van der Waals surface area (Å²) in [5.74, 6) is -1.78. The Morgan fingerprint density at radius 3 is 2.54 bits per heavy atom. The van der Waals surface area contributed by atoms with Crippen LogP contribution in [0.4, 0.5) is 0 Å². The standard InChI is InChI=1S/C8H7BrO4/c9-5-1-2-6(10)8(13)4(5)3-7(11)12/h1-2,10,13H,3H2,(H,11,12). The molecule has 0 saturated heterocycles. The first-order valence-electron chi connectivity index (χ1n) is 3.43. The fourth-order valence-corrected chi connectivity index (χ4v) is 1.38. The molecule has 0 aliphatic heterocycles. The number of aromatic hydroxyl groups is 2. The number of aliphatic carboxylic acids is 1. The van der Waals surface area contributed by atoms with Gasteiger partial charge in [-0.25, -0.2) is 0 Å². The molecule has 0 unspecified atom stereocenters. The normalized spacial score (nSPS) is 9.92. The molecule has 4 nitrogen and oxygen atoms in total. The lowest BCUT2D eigenvalue weighted by Crippen LogP contribution is -2.01. The zero-order chi connectivity index (χ0) is 10.0. The van der Waals surface area contributed by atoms with Crippen molar-refractivity contribution in [1.29, 1.82) is 0 Å². The van der Waals surface area contributed by atoms with Crippen LogP contribution in [-0.2, 0) is 11.2 Å². The topological polar surface area (TPSA) is 77.8 Å². The summed E-state index contributed by atoms with van der Waals surface area (Å²) in [7, 11) is 0. The quantitative estimate of drug-likeness (QED) is 0.692. The van der Waals surface area contributed by atoms with Crippen LogP contribution in [0.25, 0.3) is 0 Å². The number of halogens is 1. The predicted octanol–water partition coefficient (Wildman–Crippen LogP) is 1.49. The van der Waals surface area contributed by atoms with Gasteiger partial charge in [0.2, 0.25) is 0 Å². The number of carboxylic acid groups (broad SMARTS) is 1. The average molecular weight is 247 g/mol. The van der Waals surface area contributed by atoms with Crippen molar-refractivity contribution in [2.45, 2.75) is 6.42 Å². The fourth-order valence-electron chi connectivity index (χ4n) is 0.919. The van der Waals surface area contributed by atoms with Crippen molar-refractivity contribution in [3.8, 4) is 11.5 Å². The molecular weight excluding hydrogens is 240 g/mol. The van der Waals surface area contributed by atoms with E-state index in [1.54, 1.807) is 0 Å². The van der Waals surface area contributed by atoms with Gasteiger partial charge in [-0.05, 0) is 12.1 Å². The minimum absolute atomic E-state index is 0.174. The first-order valence-corrected chi connectivity index (χ1v) is 4.22. The highest BCUT2D eigenvalue weighted by molar-refractivity contribution is 9.10. The average Bonchev–Trinajstić information content (AvgIpc) is 2.05. The molecule has 0 radical (unpaired) electrons. The van der Waals surface area contributed by atoms with Crippen molar-refractivity contribution >= 4 is 21.9 Å². The van der Waals surface area contributed by atoms with Gasteiger partial charge in [0.05, 0.1) is 6.42 Å². The molecule has 0 aliphatic carbocycles. The Kier molecular flexibility index (Phi) is 2.77. The third-order valence-corrected chi connectivity index (χ3v) is 2.28. The Morgan fingerprint density at radius 2 is 2.00 bits per heavy atom. The number of carbonyl (C=O) groups is 1. The summed E-state index contributed by atoms with van der Waals surface area (Å²) < 4.78 is 0.463. The third kappa shape index (κ3) is 2.12. The van der Waals surface area contributed by atoms with Crippen LogP contribution in [0.1, 0.15) is 5.56 Å². The molecule has 0 atom stereocenters. The smallest absolute Gasteiger partial charge is 0.308 e. The van der Waals surface area contributed by atoms with Crippen molar-refractivity contribution in [2.24, 2.45) is 0 Å². The zero-order valence-electron chi connectivity index (χ0n) is 6.49. The number of phenols is 2. The zero-order valence-corrected chi connectivity index (χ0v) is 8.08. The molecule has 0 bridgehead atoms. The van der Waals surface area contributed by atoms with Crippen molar-refractivity contribution in [3.05, 3.63) is 22.2 Å². The Hall–Kier alpha value is -1.23. The summed E-state index contributed by atoms with van der Waals surface area (Å²) in [5, 5.41) is 26.9. The van der Waals surface area contributed by atoms with Crippen LogP contribution in [0.2, 0.25) is 0 Å². The van der Waals surface area contributed by atoms with E-state index >= 15 is 0 Å². The van der Waals surface area contributed by atoms with E-state index in [0.29, 0.717) is 4.47 Å². The summed E-state index contributed by atoms with van der Waals surface area (Å²) in [6.45, 7) is 0. The molecule has 5 heteroatoms. The van der Waals surface area contributed by atoms with Crippen molar-refractivity contribution in [3.63, 3.8) is 0 Å². The van der Waals surface area contributed by atoms with Crippen molar-refractivity contribution in [2.75, 3.05) is 0 Å². The third-order valence-electron chi connectivity index (χ3n) is 1.53. The van der Waals surface area contributed by atoms with E-state index in [1.165, 1.54) is 12.1 Å². The molecule has 0 aliphatic rings. The molecule has 0 saturated carbocycles. The van der Waals surface area contributed by atoms with Crippen molar-refractivity contribution in [1.82, 2.24) is 0 Å². The van der Waals surface area contributed by atoms with Gasteiger partial charge in [0, 0.05) is 10.0 Å². The first-order chi connectivity index (χ1) is 6.02. The van der Waals surface area contributed by atoms with Gasteiger partial charge < -0.3 is 15.3 Å². The van der Waals surface area contributed by atoms with Crippen LogP contribution >= 0.6 is 15.9 Å². The lowest BCUT2D eigenvalue weighted by atomic mass is 10.1. The van der Waals surface area contributed by atoms with Gasteiger partial charge in [0.15, 0.2) is 11.5 Å². The lowest BCUT2D eigenvalue weighted by Gasteiger charge is -2.05. The summed E-state index contributed by atoms with van der Waals surface area (Å²) in [5.41, 5.74) is 0.174. The summed E-state index contributed by atoms with van der Waals surface area (Å²) in [6.07, 6.45) is -0.333. The maximum atomic E-state index is 10.4. The molecule has 13 heavy (non-hydrogen) atoms. The maximum Gasteiger partial charge on any atom is 0.308 e. The SMILES string of the molecule is O=C(O)Cc1c(Br)ccc(O)c1O. The minimum atomic E-state index is -1.07. The molecule has 1 rings (SSSR count). The van der Waals surface area contributed by atoms with Gasteiger partial charge in [-0.15, -0.1) is 0 Å². The van der Waals surface area contributed by atoms with Gasteiger partial charge in [-0.1, -0.05) is 15.9 Å². The highest BCUT2D eigenvalue weighted by Crippen LogP contribution is 2.34. The highest BCUT2D eigenvalue weighted by Gasteiger charge is 2.13. The highest BCUT2D eigenvalue weighted by atomic mass is 79.9. The number of phenolic OH excluding ortho intramolecular Hbond substituents is 2. The molecule has 1 aromatic carbocycles. The van der Waals surface area contributed by atoms with Crippen molar-refractivity contribution < 1.29 is 20.1 Å². The molecule has 0 spiro atoms. The van der Waals surface area contributed by atoms with Gasteiger partial charge in [0.25, 0.3) is 0 Å². The monoisotopic (exact) mass is 246 g/mol. The molecule has 70 valence electrons. The summed E-state index contributed by atoms with van der Waals surface area (Å²) >= 11 is 3.08. The molecule has 1 aromatic rings. The van der Waals surface area contributed by atoms with Crippen LogP contribution < -0.4 is 0 Å². The summed E-state index contributed by atoms with van der Waals surface area (Å²) in [6, 6.07) is 2.76. The van der Waals surface area contributed by atoms with E-state index in [9.17, 15) is 9.90 Å². The predicted molar refractivity (Wildman–Crippen MR) is 48.8 cm³/mol. The Bertz CT molecular complexity index is 348. The second-order valence-electron chi connectivity index (χ2n) is 2.46. The number of hydrogen-bond donors (Lipinski definition) is 3. The first kappa shape index (κ1) is 9.85. The van der Waals surface area contributed by atoms with E-state index in [0.717, 1.165) is 0 Å². The lowest BCUT2D eigenvalue weighted by molar-refractivity contribution is -0.136. The van der Waals surface area contributed by atoms with E-state index in [2.05, 4.69) is 15.9 Å². The van der Waals surface area contributed by atoms with E-state index in [-0.39, 0.29) is 17.7 Å². The van der Waals surface area contributed by atoms with Gasteiger partial charge in [-0.3, -0.25) is 4.79 Å². The van der Waals surface area contributed by atoms with E-state index in [1.807, 2.05) is 0 Å². The second-order valence-corrected chi connectivity index (χ2v) is 3.32. The maximum absolute atomic E-state index is 10.4. The largest absolute Gasteiger partial charge is 0.504 e. The number of hydrogen-bond acceptors (Lipinski definition) is 3. The molecule has 0 heterocycles. The molecule has 3 N–H and O–H groups in total. The molecule has 0 amide bonds. The Labute approximate surface area is 82.6 Å². The Balaban J connectivity index is 3.17. The van der Waals surface area contributed by atoms with Gasteiger partial charge >= 0.3 is 5.97 Å².